The number of hydrogen-bond acceptors (Lipinski definition) is 3. The van der Waals surface area contributed by atoms with Gasteiger partial charge in [-0.05, 0) is 40.5 Å². The molecule has 0 saturated heterocycles. The van der Waals surface area contributed by atoms with Gasteiger partial charge in [-0.3, -0.25) is 0 Å². The van der Waals surface area contributed by atoms with Crippen LogP contribution in [0.1, 0.15) is 12.5 Å². The largest absolute Gasteiger partial charge is 0.394 e. The molecule has 0 unspecified atom stereocenters. The smallest absolute Gasteiger partial charge is 0.137 e. The molecule has 1 aromatic carbocycles. The van der Waals surface area contributed by atoms with E-state index in [1.807, 2.05) is 0 Å². The van der Waals surface area contributed by atoms with Crippen molar-refractivity contribution in [3.05, 3.63) is 34.1 Å². The minimum atomic E-state index is -0.746. The molecule has 90 valence electrons. The van der Waals surface area contributed by atoms with E-state index < -0.39 is 5.54 Å². The molecule has 0 radical (unpaired) electrons. The van der Waals surface area contributed by atoms with Crippen molar-refractivity contribution in [1.29, 1.82) is 0 Å². The summed E-state index contributed by atoms with van der Waals surface area (Å²) in [5, 5.41) is 21.1. The van der Waals surface area contributed by atoms with Crippen molar-refractivity contribution in [3.8, 4) is 0 Å². The quantitative estimate of drug-likeness (QED) is 0.769. The first-order valence-electron chi connectivity index (χ1n) is 4.91. The fourth-order valence-corrected chi connectivity index (χ4v) is 1.37. The van der Waals surface area contributed by atoms with Crippen LogP contribution >= 0.6 is 15.9 Å². The lowest BCUT2D eigenvalue weighted by molar-refractivity contribution is 0.103. The Morgan fingerprint density at radius 2 is 2.00 bits per heavy atom. The molecule has 0 aliphatic rings. The molecule has 1 aromatic rings. The van der Waals surface area contributed by atoms with Crippen LogP contribution in [0.2, 0.25) is 0 Å². The summed E-state index contributed by atoms with van der Waals surface area (Å²) in [4.78, 5) is 0. The van der Waals surface area contributed by atoms with Gasteiger partial charge in [0.15, 0.2) is 0 Å². The third kappa shape index (κ3) is 3.52. The first-order valence-corrected chi connectivity index (χ1v) is 5.71. The molecule has 0 aromatic heterocycles. The van der Waals surface area contributed by atoms with Gasteiger partial charge in [0.05, 0.1) is 23.2 Å². The zero-order valence-electron chi connectivity index (χ0n) is 9.00. The standard InChI is InChI=1S/C11H15BrFNO2/c1-11(6-15,7-16)14-5-8-2-3-9(12)10(13)4-8/h2-4,14-16H,5-7H2,1H3. The monoisotopic (exact) mass is 291 g/mol. The van der Waals surface area contributed by atoms with E-state index in [9.17, 15) is 4.39 Å². The normalized spacial score (nSPS) is 11.8. The maximum atomic E-state index is 13.2. The van der Waals surface area contributed by atoms with E-state index >= 15 is 0 Å². The molecule has 0 spiro atoms. The summed E-state index contributed by atoms with van der Waals surface area (Å²) >= 11 is 3.07. The Morgan fingerprint density at radius 3 is 2.50 bits per heavy atom. The Bertz CT molecular complexity index is 356. The maximum absolute atomic E-state index is 13.2. The predicted octanol–water partition coefficient (Wildman–Crippen LogP) is 1.42. The van der Waals surface area contributed by atoms with Crippen molar-refractivity contribution < 1.29 is 14.6 Å². The summed E-state index contributed by atoms with van der Waals surface area (Å²) in [5.41, 5.74) is 0.0117. The van der Waals surface area contributed by atoms with Gasteiger partial charge in [0.1, 0.15) is 5.82 Å². The summed E-state index contributed by atoms with van der Waals surface area (Å²) < 4.78 is 13.6. The van der Waals surface area contributed by atoms with E-state index in [4.69, 9.17) is 10.2 Å². The van der Waals surface area contributed by atoms with Crippen LogP contribution in [0.15, 0.2) is 22.7 Å². The molecular formula is C11H15BrFNO2. The van der Waals surface area contributed by atoms with Crippen molar-refractivity contribution in [2.24, 2.45) is 0 Å². The van der Waals surface area contributed by atoms with Crippen LogP contribution in [0.5, 0.6) is 0 Å². The molecule has 0 fully saturated rings. The molecule has 0 saturated carbocycles. The van der Waals surface area contributed by atoms with Gasteiger partial charge in [0.25, 0.3) is 0 Å². The molecule has 0 atom stereocenters. The van der Waals surface area contributed by atoms with Gasteiger partial charge in [-0.1, -0.05) is 6.07 Å². The lowest BCUT2D eigenvalue weighted by Gasteiger charge is -2.26. The number of aliphatic hydroxyl groups excluding tert-OH is 2. The molecule has 5 heteroatoms. The maximum Gasteiger partial charge on any atom is 0.137 e. The Balaban J connectivity index is 2.64. The number of halogens is 2. The topological polar surface area (TPSA) is 52.5 Å². The van der Waals surface area contributed by atoms with Gasteiger partial charge in [0.2, 0.25) is 0 Å². The molecule has 0 bridgehead atoms. The average molecular weight is 292 g/mol. The summed E-state index contributed by atoms with van der Waals surface area (Å²) in [5.74, 6) is -0.325. The van der Waals surface area contributed by atoms with Crippen LogP contribution in [0.3, 0.4) is 0 Å². The molecule has 0 aliphatic heterocycles. The van der Waals surface area contributed by atoms with Crippen molar-refractivity contribution in [1.82, 2.24) is 5.32 Å². The van der Waals surface area contributed by atoms with E-state index in [0.717, 1.165) is 5.56 Å². The van der Waals surface area contributed by atoms with Crippen LogP contribution in [-0.2, 0) is 6.54 Å². The zero-order valence-corrected chi connectivity index (χ0v) is 10.6. The minimum absolute atomic E-state index is 0.178. The summed E-state index contributed by atoms with van der Waals surface area (Å²) in [6, 6.07) is 4.81. The Morgan fingerprint density at radius 1 is 1.38 bits per heavy atom. The second-order valence-electron chi connectivity index (χ2n) is 3.98. The SMILES string of the molecule is CC(CO)(CO)NCc1ccc(Br)c(F)c1. The number of aliphatic hydroxyl groups is 2. The fraction of sp³-hybridized carbons (Fsp3) is 0.455. The lowest BCUT2D eigenvalue weighted by Crippen LogP contribution is -2.48. The number of hydrogen-bond donors (Lipinski definition) is 3. The molecular weight excluding hydrogens is 277 g/mol. The Kier molecular flexibility index (Phi) is 4.86. The van der Waals surface area contributed by atoms with Gasteiger partial charge < -0.3 is 15.5 Å². The summed E-state index contributed by atoms with van der Waals surface area (Å²) in [7, 11) is 0. The fourth-order valence-electron chi connectivity index (χ4n) is 1.13. The minimum Gasteiger partial charge on any atom is -0.394 e. The van der Waals surface area contributed by atoms with E-state index in [2.05, 4.69) is 21.2 Å². The van der Waals surface area contributed by atoms with Crippen LogP contribution in [0, 0.1) is 5.82 Å². The van der Waals surface area contributed by atoms with E-state index in [1.165, 1.54) is 6.07 Å². The zero-order chi connectivity index (χ0) is 12.2. The van der Waals surface area contributed by atoms with Crippen molar-refractivity contribution >= 4 is 15.9 Å². The van der Waals surface area contributed by atoms with Crippen LogP contribution in [0.25, 0.3) is 0 Å². The molecule has 3 nitrogen and oxygen atoms in total. The van der Waals surface area contributed by atoms with Crippen LogP contribution in [-0.4, -0.2) is 29.0 Å². The first-order chi connectivity index (χ1) is 7.50. The van der Waals surface area contributed by atoms with Crippen molar-refractivity contribution in [3.63, 3.8) is 0 Å². The lowest BCUT2D eigenvalue weighted by atomic mass is 10.0. The summed E-state index contributed by atoms with van der Waals surface area (Å²) in [6.07, 6.45) is 0. The molecule has 3 N–H and O–H groups in total. The molecule has 0 amide bonds. The Hall–Kier alpha value is -0.490. The van der Waals surface area contributed by atoms with Gasteiger partial charge in [0, 0.05) is 6.54 Å². The number of nitrogens with one attached hydrogen (secondary N) is 1. The average Bonchev–Trinajstić information content (AvgIpc) is 2.30. The predicted molar refractivity (Wildman–Crippen MR) is 63.5 cm³/mol. The number of benzene rings is 1. The van der Waals surface area contributed by atoms with Crippen molar-refractivity contribution in [2.75, 3.05) is 13.2 Å². The second kappa shape index (κ2) is 5.72. The van der Waals surface area contributed by atoms with E-state index in [0.29, 0.717) is 11.0 Å². The van der Waals surface area contributed by atoms with E-state index in [1.54, 1.807) is 19.1 Å². The highest BCUT2D eigenvalue weighted by Crippen LogP contribution is 2.16. The van der Waals surface area contributed by atoms with Gasteiger partial charge in [-0.25, -0.2) is 4.39 Å². The van der Waals surface area contributed by atoms with Gasteiger partial charge in [-0.15, -0.1) is 0 Å². The van der Waals surface area contributed by atoms with Crippen LogP contribution in [0.4, 0.5) is 4.39 Å². The highest BCUT2D eigenvalue weighted by atomic mass is 79.9. The first kappa shape index (κ1) is 13.6. The third-order valence-corrected chi connectivity index (χ3v) is 3.04. The highest BCUT2D eigenvalue weighted by molar-refractivity contribution is 9.10. The van der Waals surface area contributed by atoms with E-state index in [-0.39, 0.29) is 19.0 Å². The molecule has 0 heterocycles. The number of rotatable bonds is 5. The Labute approximate surface area is 102 Å². The van der Waals surface area contributed by atoms with Gasteiger partial charge >= 0.3 is 0 Å². The molecule has 16 heavy (non-hydrogen) atoms. The summed E-state index contributed by atoms with van der Waals surface area (Å²) in [6.45, 7) is 1.73. The van der Waals surface area contributed by atoms with Crippen LogP contribution < -0.4 is 5.32 Å². The highest BCUT2D eigenvalue weighted by Gasteiger charge is 2.21. The van der Waals surface area contributed by atoms with Gasteiger partial charge in [-0.2, -0.15) is 0 Å². The molecule has 0 aliphatic carbocycles. The third-order valence-electron chi connectivity index (χ3n) is 2.40. The molecule has 1 rings (SSSR count). The van der Waals surface area contributed by atoms with Crippen molar-refractivity contribution in [2.45, 2.75) is 19.0 Å². The second-order valence-corrected chi connectivity index (χ2v) is 4.83.